The van der Waals surface area contributed by atoms with Gasteiger partial charge in [0, 0.05) is 31.8 Å². The third-order valence-corrected chi connectivity index (χ3v) is 3.65. The summed E-state index contributed by atoms with van der Waals surface area (Å²) in [5, 5.41) is 5.86. The van der Waals surface area contributed by atoms with Gasteiger partial charge in [-0.2, -0.15) is 13.2 Å². The molecule has 0 fully saturated rings. The molecule has 158 valence electrons. The molecule has 0 saturated heterocycles. The van der Waals surface area contributed by atoms with Crippen LogP contribution in [0, 0.1) is 0 Å². The number of rotatable bonds is 10. The fourth-order valence-electron chi connectivity index (χ4n) is 2.44. The first-order chi connectivity index (χ1) is 13.8. The van der Waals surface area contributed by atoms with Crippen LogP contribution in [-0.4, -0.2) is 39.0 Å². The molecular formula is C20H23F3N2O4. The number of methoxy groups -OCH3 is 1. The van der Waals surface area contributed by atoms with Crippen molar-refractivity contribution in [2.45, 2.75) is 19.6 Å². The number of hydrogen-bond donors (Lipinski definition) is 2. The number of hydrogen-bond acceptors (Lipinski definition) is 5. The highest BCUT2D eigenvalue weighted by Crippen LogP contribution is 2.29. The van der Waals surface area contributed by atoms with Gasteiger partial charge in [-0.3, -0.25) is 4.79 Å². The van der Waals surface area contributed by atoms with Gasteiger partial charge in [-0.25, -0.2) is 0 Å². The summed E-state index contributed by atoms with van der Waals surface area (Å²) < 4.78 is 52.4. The Bertz CT molecular complexity index is 813. The molecule has 0 aliphatic rings. The van der Waals surface area contributed by atoms with Crippen molar-refractivity contribution in [3.05, 3.63) is 48.0 Å². The van der Waals surface area contributed by atoms with Crippen LogP contribution in [-0.2, 0) is 11.3 Å². The lowest BCUT2D eigenvalue weighted by molar-refractivity contribution is -0.153. The molecule has 0 unspecified atom stereocenters. The molecule has 0 spiro atoms. The molecule has 0 bridgehead atoms. The Labute approximate surface area is 167 Å². The lowest BCUT2D eigenvalue weighted by Gasteiger charge is -2.14. The van der Waals surface area contributed by atoms with Gasteiger partial charge in [0.05, 0.1) is 7.11 Å². The van der Waals surface area contributed by atoms with Crippen LogP contribution in [0.15, 0.2) is 42.5 Å². The van der Waals surface area contributed by atoms with E-state index in [1.165, 1.54) is 20.1 Å². The molecule has 0 aliphatic carbocycles. The molecule has 0 saturated carbocycles. The first-order valence-corrected chi connectivity index (χ1v) is 8.84. The summed E-state index contributed by atoms with van der Waals surface area (Å²) in [5.41, 5.74) is 1.48. The minimum absolute atomic E-state index is 0.0379. The van der Waals surface area contributed by atoms with Crippen LogP contribution in [0.5, 0.6) is 17.2 Å². The highest BCUT2D eigenvalue weighted by Gasteiger charge is 2.29. The fraction of sp³-hybridized carbons (Fsp3) is 0.350. The van der Waals surface area contributed by atoms with Crippen molar-refractivity contribution >= 4 is 11.6 Å². The number of nitrogens with one attached hydrogen (secondary N) is 2. The largest absolute Gasteiger partial charge is 0.493 e. The summed E-state index contributed by atoms with van der Waals surface area (Å²) in [7, 11) is 1.37. The van der Waals surface area contributed by atoms with Crippen molar-refractivity contribution in [2.24, 2.45) is 0 Å². The van der Waals surface area contributed by atoms with E-state index in [2.05, 4.69) is 10.6 Å². The fourth-order valence-corrected chi connectivity index (χ4v) is 2.44. The van der Waals surface area contributed by atoms with Crippen molar-refractivity contribution in [3.8, 4) is 17.2 Å². The molecule has 0 aromatic heterocycles. The molecule has 0 atom stereocenters. The number of alkyl halides is 3. The van der Waals surface area contributed by atoms with E-state index in [-0.39, 0.29) is 17.4 Å². The van der Waals surface area contributed by atoms with Gasteiger partial charge in [0.2, 0.25) is 5.91 Å². The van der Waals surface area contributed by atoms with E-state index in [0.717, 1.165) is 5.56 Å². The van der Waals surface area contributed by atoms with Gasteiger partial charge in [-0.05, 0) is 29.8 Å². The molecule has 2 N–H and O–H groups in total. The molecule has 0 radical (unpaired) electrons. The second kappa shape index (κ2) is 10.6. The summed E-state index contributed by atoms with van der Waals surface area (Å²) >= 11 is 0. The van der Waals surface area contributed by atoms with Crippen LogP contribution in [0.25, 0.3) is 0 Å². The molecule has 0 aliphatic heterocycles. The standard InChI is InChI=1S/C20H23F3N2O4/c1-14(26)25-16-4-3-5-17(11-16)28-9-8-24-12-15-6-7-18(19(10-15)27-2)29-13-20(21,22)23/h3-7,10-11,24H,8-9,12-13H2,1-2H3,(H,25,26). The SMILES string of the molecule is COc1cc(CNCCOc2cccc(NC(C)=O)c2)ccc1OCC(F)(F)F. The van der Waals surface area contributed by atoms with Gasteiger partial charge in [-0.15, -0.1) is 0 Å². The molecule has 2 aromatic carbocycles. The molecule has 29 heavy (non-hydrogen) atoms. The quantitative estimate of drug-likeness (QED) is 0.582. The van der Waals surface area contributed by atoms with E-state index in [9.17, 15) is 18.0 Å². The second-order valence-electron chi connectivity index (χ2n) is 6.12. The van der Waals surface area contributed by atoms with Crippen molar-refractivity contribution in [3.63, 3.8) is 0 Å². The summed E-state index contributed by atoms with van der Waals surface area (Å²) in [5.74, 6) is 0.746. The average Bonchev–Trinajstić information content (AvgIpc) is 2.65. The smallest absolute Gasteiger partial charge is 0.422 e. The van der Waals surface area contributed by atoms with E-state index >= 15 is 0 Å². The van der Waals surface area contributed by atoms with Gasteiger partial charge in [0.15, 0.2) is 18.1 Å². The maximum Gasteiger partial charge on any atom is 0.422 e. The molecular weight excluding hydrogens is 389 g/mol. The number of anilines is 1. The monoisotopic (exact) mass is 412 g/mol. The van der Waals surface area contributed by atoms with E-state index < -0.39 is 12.8 Å². The molecule has 1 amide bonds. The average molecular weight is 412 g/mol. The van der Waals surface area contributed by atoms with Crippen molar-refractivity contribution in [1.82, 2.24) is 5.32 Å². The molecule has 0 heterocycles. The Balaban J connectivity index is 1.78. The topological polar surface area (TPSA) is 68.8 Å². The predicted octanol–water partition coefficient (Wildman–Crippen LogP) is 3.76. The van der Waals surface area contributed by atoms with E-state index in [0.29, 0.717) is 31.1 Å². The minimum Gasteiger partial charge on any atom is -0.493 e. The molecule has 2 rings (SSSR count). The Morgan fingerprint density at radius 2 is 1.86 bits per heavy atom. The van der Waals surface area contributed by atoms with Crippen molar-refractivity contribution < 1.29 is 32.2 Å². The number of ether oxygens (including phenoxy) is 3. The highest BCUT2D eigenvalue weighted by molar-refractivity contribution is 5.88. The number of halogens is 3. The molecule has 6 nitrogen and oxygen atoms in total. The third kappa shape index (κ3) is 8.30. The third-order valence-electron chi connectivity index (χ3n) is 3.65. The number of carbonyl (C=O) groups excluding carboxylic acids is 1. The van der Waals surface area contributed by atoms with Crippen LogP contribution in [0.2, 0.25) is 0 Å². The maximum absolute atomic E-state index is 12.3. The predicted molar refractivity (Wildman–Crippen MR) is 102 cm³/mol. The van der Waals surface area contributed by atoms with E-state index in [1.807, 2.05) is 0 Å². The number of carbonyl (C=O) groups is 1. The lowest BCUT2D eigenvalue weighted by Crippen LogP contribution is -2.21. The van der Waals surface area contributed by atoms with E-state index in [1.54, 1.807) is 36.4 Å². The minimum atomic E-state index is -4.41. The van der Waals surface area contributed by atoms with Gasteiger partial charge in [0.1, 0.15) is 12.4 Å². The van der Waals surface area contributed by atoms with E-state index in [4.69, 9.17) is 14.2 Å². The summed E-state index contributed by atoms with van der Waals surface area (Å²) in [4.78, 5) is 11.1. The summed E-state index contributed by atoms with van der Waals surface area (Å²) in [6.07, 6.45) is -4.41. The van der Waals surface area contributed by atoms with Crippen LogP contribution < -0.4 is 24.8 Å². The lowest BCUT2D eigenvalue weighted by atomic mass is 10.2. The zero-order valence-electron chi connectivity index (χ0n) is 16.1. The zero-order chi connectivity index (χ0) is 21.3. The number of benzene rings is 2. The summed E-state index contributed by atoms with van der Waals surface area (Å²) in [6.45, 7) is 1.47. The Morgan fingerprint density at radius 3 is 2.55 bits per heavy atom. The second-order valence-corrected chi connectivity index (χ2v) is 6.12. The maximum atomic E-state index is 12.3. The van der Waals surface area contributed by atoms with Gasteiger partial charge in [0.25, 0.3) is 0 Å². The Hall–Kier alpha value is -2.94. The zero-order valence-corrected chi connectivity index (χ0v) is 16.1. The highest BCUT2D eigenvalue weighted by atomic mass is 19.4. The normalized spacial score (nSPS) is 11.1. The molecule has 9 heteroatoms. The van der Waals surface area contributed by atoms with Crippen molar-refractivity contribution in [1.29, 1.82) is 0 Å². The first kappa shape index (κ1) is 22.4. The Morgan fingerprint density at radius 1 is 1.07 bits per heavy atom. The summed E-state index contributed by atoms with van der Waals surface area (Å²) in [6, 6.07) is 11.8. The first-order valence-electron chi connectivity index (χ1n) is 8.84. The van der Waals surface area contributed by atoms with Gasteiger partial charge < -0.3 is 24.8 Å². The van der Waals surface area contributed by atoms with Crippen LogP contribution >= 0.6 is 0 Å². The van der Waals surface area contributed by atoms with Gasteiger partial charge in [-0.1, -0.05) is 12.1 Å². The van der Waals surface area contributed by atoms with Crippen LogP contribution in [0.1, 0.15) is 12.5 Å². The van der Waals surface area contributed by atoms with Crippen LogP contribution in [0.4, 0.5) is 18.9 Å². The molecule has 2 aromatic rings. The number of amides is 1. The van der Waals surface area contributed by atoms with Crippen molar-refractivity contribution in [2.75, 3.05) is 32.2 Å². The van der Waals surface area contributed by atoms with Crippen LogP contribution in [0.3, 0.4) is 0 Å². The van der Waals surface area contributed by atoms with Gasteiger partial charge >= 0.3 is 6.18 Å². The Kier molecular flexibility index (Phi) is 8.14.